The average Bonchev–Trinajstić information content (AvgIpc) is 3.04. The van der Waals surface area contributed by atoms with Crippen LogP contribution in [0.5, 0.6) is 5.75 Å². The molecule has 1 aliphatic heterocycles. The molecule has 1 heterocycles. The summed E-state index contributed by atoms with van der Waals surface area (Å²) in [6.07, 6.45) is 3.31. The molecule has 0 spiro atoms. The number of rotatable bonds is 3. The summed E-state index contributed by atoms with van der Waals surface area (Å²) < 4.78 is 36.4. The van der Waals surface area contributed by atoms with E-state index in [1.807, 2.05) is 13.0 Å². The standard InChI is InChI=1S/C26H28F2N2O2S/c1-13-9-16-17(26(4,5)8-7-25(16,2)3)12-15(13)20-21(28)14(10-18(27)22(20)32-6)11-19-23(31)30-24(33)29-19/h9-12H,7-8H2,1-6H3,(H2,29,30,31,33). The fraction of sp³-hybridized carbons (Fsp3) is 0.385. The van der Waals surface area contributed by atoms with E-state index in [1.165, 1.54) is 18.7 Å². The van der Waals surface area contributed by atoms with Crippen molar-refractivity contribution >= 4 is 29.3 Å². The van der Waals surface area contributed by atoms with E-state index in [0.29, 0.717) is 5.56 Å². The molecule has 2 aromatic carbocycles. The van der Waals surface area contributed by atoms with Crippen molar-refractivity contribution in [3.05, 3.63) is 57.8 Å². The van der Waals surface area contributed by atoms with Gasteiger partial charge in [0.1, 0.15) is 11.5 Å². The zero-order chi connectivity index (χ0) is 24.3. The first-order chi connectivity index (χ1) is 15.4. The third kappa shape index (κ3) is 3.92. The SMILES string of the molecule is COc1c(F)cc(C=C2NC(=S)NC2=O)c(F)c1-c1cc2c(cc1C)C(C)(C)CCC2(C)C. The lowest BCUT2D eigenvalue weighted by Gasteiger charge is -2.42. The highest BCUT2D eigenvalue weighted by Gasteiger charge is 2.38. The van der Waals surface area contributed by atoms with Crippen molar-refractivity contribution in [2.24, 2.45) is 0 Å². The van der Waals surface area contributed by atoms with E-state index in [9.17, 15) is 4.79 Å². The van der Waals surface area contributed by atoms with E-state index in [0.717, 1.165) is 30.0 Å². The van der Waals surface area contributed by atoms with Crippen molar-refractivity contribution in [2.45, 2.75) is 58.3 Å². The van der Waals surface area contributed by atoms with Crippen molar-refractivity contribution in [1.82, 2.24) is 10.6 Å². The van der Waals surface area contributed by atoms with Crippen molar-refractivity contribution < 1.29 is 18.3 Å². The summed E-state index contributed by atoms with van der Waals surface area (Å²) in [4.78, 5) is 12.0. The molecule has 4 nitrogen and oxygen atoms in total. The van der Waals surface area contributed by atoms with E-state index in [1.54, 1.807) is 0 Å². The molecule has 0 unspecified atom stereocenters. The van der Waals surface area contributed by atoms with Gasteiger partial charge in [-0.05, 0) is 83.3 Å². The summed E-state index contributed by atoms with van der Waals surface area (Å²) in [5.74, 6) is -2.03. The molecule has 0 radical (unpaired) electrons. The molecule has 0 atom stereocenters. The number of nitrogens with one attached hydrogen (secondary N) is 2. The summed E-state index contributed by atoms with van der Waals surface area (Å²) >= 11 is 4.93. The molecule has 174 valence electrons. The van der Waals surface area contributed by atoms with Gasteiger partial charge in [0.05, 0.1) is 12.7 Å². The minimum absolute atomic E-state index is 0.00574. The van der Waals surface area contributed by atoms with Crippen LogP contribution in [0, 0.1) is 18.6 Å². The number of aryl methyl sites for hydroxylation is 1. The van der Waals surface area contributed by atoms with Gasteiger partial charge in [-0.3, -0.25) is 10.1 Å². The maximum absolute atomic E-state index is 15.9. The Bertz CT molecular complexity index is 1230. The van der Waals surface area contributed by atoms with Crippen LogP contribution < -0.4 is 15.4 Å². The molecule has 4 rings (SSSR count). The number of benzene rings is 2. The van der Waals surface area contributed by atoms with Crippen LogP contribution in [0.25, 0.3) is 17.2 Å². The van der Waals surface area contributed by atoms with Gasteiger partial charge in [0.2, 0.25) is 0 Å². The third-order valence-corrected chi connectivity index (χ3v) is 7.09. The van der Waals surface area contributed by atoms with Gasteiger partial charge in [0, 0.05) is 5.56 Å². The maximum atomic E-state index is 15.9. The molecule has 1 aliphatic carbocycles. The van der Waals surface area contributed by atoms with Gasteiger partial charge >= 0.3 is 0 Å². The molecule has 1 fully saturated rings. The maximum Gasteiger partial charge on any atom is 0.273 e. The van der Waals surface area contributed by atoms with Crippen molar-refractivity contribution in [3.63, 3.8) is 0 Å². The second-order valence-electron chi connectivity index (χ2n) is 10.1. The number of methoxy groups -OCH3 is 1. The number of halogens is 2. The predicted molar refractivity (Wildman–Crippen MR) is 130 cm³/mol. The molecule has 1 amide bonds. The van der Waals surface area contributed by atoms with Gasteiger partial charge in [0.15, 0.2) is 16.7 Å². The molecule has 0 bridgehead atoms. The lowest BCUT2D eigenvalue weighted by molar-refractivity contribution is -0.115. The van der Waals surface area contributed by atoms with Crippen LogP contribution in [0.2, 0.25) is 0 Å². The van der Waals surface area contributed by atoms with Gasteiger partial charge < -0.3 is 10.1 Å². The van der Waals surface area contributed by atoms with Crippen LogP contribution in [0.4, 0.5) is 8.78 Å². The van der Waals surface area contributed by atoms with E-state index in [2.05, 4.69) is 44.4 Å². The van der Waals surface area contributed by atoms with E-state index >= 15 is 8.78 Å². The zero-order valence-electron chi connectivity index (χ0n) is 19.7. The quantitative estimate of drug-likeness (QED) is 0.450. The van der Waals surface area contributed by atoms with Gasteiger partial charge in [-0.25, -0.2) is 8.78 Å². The normalized spacial score (nSPS) is 19.8. The largest absolute Gasteiger partial charge is 0.493 e. The number of ether oxygens (including phenoxy) is 1. The highest BCUT2D eigenvalue weighted by molar-refractivity contribution is 7.80. The first kappa shape index (κ1) is 23.4. The number of hydrogen-bond acceptors (Lipinski definition) is 3. The fourth-order valence-electron chi connectivity index (χ4n) is 4.80. The van der Waals surface area contributed by atoms with E-state index in [-0.39, 0.29) is 38.5 Å². The van der Waals surface area contributed by atoms with Crippen LogP contribution >= 0.6 is 12.2 Å². The molecule has 1 saturated heterocycles. The number of thiocarbonyl (C=S) groups is 1. The smallest absolute Gasteiger partial charge is 0.273 e. The summed E-state index contributed by atoms with van der Waals surface area (Å²) in [6, 6.07) is 5.11. The average molecular weight is 471 g/mol. The van der Waals surface area contributed by atoms with Crippen molar-refractivity contribution in [2.75, 3.05) is 7.11 Å². The second-order valence-corrected chi connectivity index (χ2v) is 10.5. The van der Waals surface area contributed by atoms with E-state index in [4.69, 9.17) is 17.0 Å². The molecular weight excluding hydrogens is 442 g/mol. The minimum Gasteiger partial charge on any atom is -0.493 e. The molecule has 2 N–H and O–H groups in total. The number of carbonyl (C=O) groups is 1. The summed E-state index contributed by atoms with van der Waals surface area (Å²) in [5.41, 5.74) is 3.70. The summed E-state index contributed by atoms with van der Waals surface area (Å²) in [6.45, 7) is 10.7. The lowest BCUT2D eigenvalue weighted by atomic mass is 9.62. The minimum atomic E-state index is -0.710. The number of fused-ring (bicyclic) bond motifs is 1. The Kier molecular flexibility index (Phi) is 5.60. The van der Waals surface area contributed by atoms with Gasteiger partial charge in [-0.2, -0.15) is 0 Å². The topological polar surface area (TPSA) is 50.4 Å². The fourth-order valence-corrected chi connectivity index (χ4v) is 5.01. The van der Waals surface area contributed by atoms with Crippen LogP contribution in [0.1, 0.15) is 62.8 Å². The Morgan fingerprint density at radius 2 is 1.64 bits per heavy atom. The zero-order valence-corrected chi connectivity index (χ0v) is 20.5. The van der Waals surface area contributed by atoms with Gasteiger partial charge in [-0.1, -0.05) is 33.8 Å². The highest BCUT2D eigenvalue weighted by Crippen LogP contribution is 2.49. The van der Waals surface area contributed by atoms with Gasteiger partial charge in [-0.15, -0.1) is 0 Å². The monoisotopic (exact) mass is 470 g/mol. The molecule has 7 heteroatoms. The predicted octanol–water partition coefficient (Wildman–Crippen LogP) is 5.64. The molecule has 2 aromatic rings. The van der Waals surface area contributed by atoms with Crippen LogP contribution in [0.3, 0.4) is 0 Å². The lowest BCUT2D eigenvalue weighted by Crippen LogP contribution is -2.34. The molecule has 0 aromatic heterocycles. The van der Waals surface area contributed by atoms with Crippen molar-refractivity contribution in [1.29, 1.82) is 0 Å². The third-order valence-electron chi connectivity index (χ3n) is 6.89. The molecule has 33 heavy (non-hydrogen) atoms. The summed E-state index contributed by atoms with van der Waals surface area (Å²) in [7, 11) is 1.32. The number of carbonyl (C=O) groups excluding carboxylic acids is 1. The Morgan fingerprint density at radius 1 is 1.03 bits per heavy atom. The first-order valence-corrected chi connectivity index (χ1v) is 11.3. The Morgan fingerprint density at radius 3 is 2.18 bits per heavy atom. The Labute approximate surface area is 198 Å². The van der Waals surface area contributed by atoms with E-state index < -0.39 is 17.5 Å². The number of amides is 1. The highest BCUT2D eigenvalue weighted by atomic mass is 32.1. The Balaban J connectivity index is 1.98. The van der Waals surface area contributed by atoms with Crippen molar-refractivity contribution in [3.8, 4) is 16.9 Å². The first-order valence-electron chi connectivity index (χ1n) is 10.9. The Hall–Kier alpha value is -2.80. The molecule has 0 saturated carbocycles. The van der Waals surface area contributed by atoms with Crippen LogP contribution in [0.15, 0.2) is 23.9 Å². The second kappa shape index (κ2) is 7.90. The van der Waals surface area contributed by atoms with Gasteiger partial charge in [0.25, 0.3) is 5.91 Å². The van der Waals surface area contributed by atoms with Crippen LogP contribution in [-0.4, -0.2) is 18.1 Å². The number of hydrogen-bond donors (Lipinski definition) is 2. The van der Waals surface area contributed by atoms with Crippen LogP contribution in [-0.2, 0) is 15.6 Å². The summed E-state index contributed by atoms with van der Waals surface area (Å²) in [5, 5.41) is 5.21. The molecule has 2 aliphatic rings. The molecular formula is C26H28F2N2O2S.